The summed E-state index contributed by atoms with van der Waals surface area (Å²) in [6.07, 6.45) is 4.13. The Balaban J connectivity index is 1.60. The number of thiazole rings is 1. The standard InChI is InChI=1S/C25H24N4OS/c1-2-29(24-17-31-18-27-24)23(15-19-7-4-3-5-8-19)25(30)28-22-10-6-9-21(16-22)20-11-13-26-14-12-20/h3-14,16-18,23H,2,15H2,1H3,(H,28,30)/t23-/m0/s1. The highest BCUT2D eigenvalue weighted by atomic mass is 32.1. The Bertz CT molecular complexity index is 1100. The summed E-state index contributed by atoms with van der Waals surface area (Å²) in [5.41, 5.74) is 5.78. The molecule has 2 aromatic heterocycles. The highest BCUT2D eigenvalue weighted by Gasteiger charge is 2.27. The molecule has 0 aliphatic heterocycles. The lowest BCUT2D eigenvalue weighted by Crippen LogP contribution is -2.46. The minimum atomic E-state index is -0.376. The Labute approximate surface area is 186 Å². The van der Waals surface area contributed by atoms with Gasteiger partial charge in [-0.3, -0.25) is 9.78 Å². The van der Waals surface area contributed by atoms with Crippen LogP contribution in [-0.2, 0) is 11.2 Å². The predicted octanol–water partition coefficient (Wildman–Crippen LogP) is 5.28. The molecule has 2 aromatic carbocycles. The molecule has 6 heteroatoms. The van der Waals surface area contributed by atoms with E-state index in [0.29, 0.717) is 13.0 Å². The number of nitrogens with zero attached hydrogens (tertiary/aromatic N) is 3. The first-order chi connectivity index (χ1) is 15.2. The van der Waals surface area contributed by atoms with Crippen LogP contribution >= 0.6 is 11.3 Å². The number of anilines is 2. The third-order valence-electron chi connectivity index (χ3n) is 5.15. The largest absolute Gasteiger partial charge is 0.344 e. The van der Waals surface area contributed by atoms with E-state index in [9.17, 15) is 4.79 Å². The molecular formula is C25H24N4OS. The molecule has 4 rings (SSSR count). The van der Waals surface area contributed by atoms with Gasteiger partial charge in [0.1, 0.15) is 11.9 Å². The Morgan fingerprint density at radius 1 is 1.03 bits per heavy atom. The molecule has 0 unspecified atom stereocenters. The number of aromatic nitrogens is 2. The van der Waals surface area contributed by atoms with Gasteiger partial charge in [0.2, 0.25) is 5.91 Å². The van der Waals surface area contributed by atoms with E-state index in [4.69, 9.17) is 0 Å². The number of carbonyl (C=O) groups is 1. The SMILES string of the molecule is CCN(c1cscn1)[C@@H](Cc1ccccc1)C(=O)Nc1cccc(-c2ccncc2)c1. The van der Waals surface area contributed by atoms with Gasteiger partial charge in [-0.1, -0.05) is 42.5 Å². The van der Waals surface area contributed by atoms with Gasteiger partial charge in [-0.2, -0.15) is 0 Å². The van der Waals surface area contributed by atoms with E-state index in [2.05, 4.69) is 39.2 Å². The van der Waals surface area contributed by atoms with Crippen molar-refractivity contribution in [3.8, 4) is 11.1 Å². The van der Waals surface area contributed by atoms with Crippen LogP contribution in [0.25, 0.3) is 11.1 Å². The van der Waals surface area contributed by atoms with Crippen molar-refractivity contribution in [3.05, 3.63) is 95.6 Å². The van der Waals surface area contributed by atoms with Crippen LogP contribution in [0.2, 0.25) is 0 Å². The van der Waals surface area contributed by atoms with E-state index in [1.807, 2.05) is 60.0 Å². The Morgan fingerprint density at radius 3 is 2.55 bits per heavy atom. The molecule has 2 heterocycles. The number of benzene rings is 2. The molecular weight excluding hydrogens is 404 g/mol. The van der Waals surface area contributed by atoms with Gasteiger partial charge in [0.15, 0.2) is 0 Å². The van der Waals surface area contributed by atoms with E-state index in [1.54, 1.807) is 17.9 Å². The van der Waals surface area contributed by atoms with Crippen LogP contribution in [0, 0.1) is 0 Å². The summed E-state index contributed by atoms with van der Waals surface area (Å²) in [6.45, 7) is 2.74. The number of carbonyl (C=O) groups excluding carboxylic acids is 1. The maximum absolute atomic E-state index is 13.5. The summed E-state index contributed by atoms with van der Waals surface area (Å²) in [5, 5.41) is 5.11. The number of hydrogen-bond acceptors (Lipinski definition) is 5. The van der Waals surface area contributed by atoms with E-state index in [0.717, 1.165) is 28.2 Å². The molecule has 1 atom stereocenters. The predicted molar refractivity (Wildman–Crippen MR) is 127 cm³/mol. The quantitative estimate of drug-likeness (QED) is 0.415. The summed E-state index contributed by atoms with van der Waals surface area (Å²) >= 11 is 1.53. The smallest absolute Gasteiger partial charge is 0.247 e. The van der Waals surface area contributed by atoms with Crippen molar-refractivity contribution in [2.24, 2.45) is 0 Å². The van der Waals surface area contributed by atoms with Crippen molar-refractivity contribution < 1.29 is 4.79 Å². The molecule has 0 fully saturated rings. The lowest BCUT2D eigenvalue weighted by molar-refractivity contribution is -0.117. The summed E-state index contributed by atoms with van der Waals surface area (Å²) < 4.78 is 0. The van der Waals surface area contributed by atoms with Crippen LogP contribution in [0.1, 0.15) is 12.5 Å². The molecule has 0 saturated carbocycles. The summed E-state index contributed by atoms with van der Waals surface area (Å²) in [7, 11) is 0. The van der Waals surface area contributed by atoms with Crippen LogP contribution < -0.4 is 10.2 Å². The lowest BCUT2D eigenvalue weighted by atomic mass is 10.0. The van der Waals surface area contributed by atoms with E-state index in [1.165, 1.54) is 11.3 Å². The number of amides is 1. The molecule has 31 heavy (non-hydrogen) atoms. The number of likely N-dealkylation sites (N-methyl/N-ethyl adjacent to an activating group) is 1. The van der Waals surface area contributed by atoms with Crippen LogP contribution in [0.4, 0.5) is 11.5 Å². The van der Waals surface area contributed by atoms with Crippen LogP contribution in [0.5, 0.6) is 0 Å². The Morgan fingerprint density at radius 2 is 1.84 bits per heavy atom. The minimum Gasteiger partial charge on any atom is -0.344 e. The van der Waals surface area contributed by atoms with E-state index >= 15 is 0 Å². The number of pyridine rings is 1. The van der Waals surface area contributed by atoms with E-state index in [-0.39, 0.29) is 11.9 Å². The van der Waals surface area contributed by atoms with Gasteiger partial charge in [-0.25, -0.2) is 4.98 Å². The fraction of sp³-hybridized carbons (Fsp3) is 0.160. The second kappa shape index (κ2) is 10.00. The monoisotopic (exact) mass is 428 g/mol. The van der Waals surface area contributed by atoms with Gasteiger partial charge in [0.05, 0.1) is 5.51 Å². The van der Waals surface area contributed by atoms with Crippen LogP contribution in [-0.4, -0.2) is 28.5 Å². The molecule has 0 aliphatic rings. The van der Waals surface area contributed by atoms with Crippen molar-refractivity contribution >= 4 is 28.7 Å². The second-order valence-electron chi connectivity index (χ2n) is 7.14. The van der Waals surface area contributed by atoms with Crippen LogP contribution in [0.15, 0.2) is 90.0 Å². The van der Waals surface area contributed by atoms with Crippen molar-refractivity contribution in [3.63, 3.8) is 0 Å². The summed E-state index contributed by atoms with van der Waals surface area (Å²) in [6, 6.07) is 21.5. The molecule has 0 aliphatic carbocycles. The first-order valence-electron chi connectivity index (χ1n) is 10.2. The normalized spacial score (nSPS) is 11.6. The number of hydrogen-bond donors (Lipinski definition) is 1. The molecule has 0 spiro atoms. The molecule has 0 bridgehead atoms. The topological polar surface area (TPSA) is 58.1 Å². The zero-order valence-corrected chi connectivity index (χ0v) is 18.1. The highest BCUT2D eigenvalue weighted by Crippen LogP contribution is 2.24. The van der Waals surface area contributed by atoms with Gasteiger partial charge in [-0.05, 0) is 47.9 Å². The molecule has 4 aromatic rings. The number of rotatable bonds is 8. The zero-order valence-electron chi connectivity index (χ0n) is 17.3. The molecule has 5 nitrogen and oxygen atoms in total. The third kappa shape index (κ3) is 5.16. The number of nitrogens with one attached hydrogen (secondary N) is 1. The average Bonchev–Trinajstić information content (AvgIpc) is 3.35. The molecule has 156 valence electrons. The van der Waals surface area contributed by atoms with Gasteiger partial charge in [-0.15, -0.1) is 11.3 Å². The van der Waals surface area contributed by atoms with Gasteiger partial charge in [0, 0.05) is 36.4 Å². The van der Waals surface area contributed by atoms with Gasteiger partial charge >= 0.3 is 0 Å². The first kappa shape index (κ1) is 20.8. The zero-order chi connectivity index (χ0) is 21.5. The summed E-state index contributed by atoms with van der Waals surface area (Å²) in [4.78, 5) is 24.1. The van der Waals surface area contributed by atoms with Crippen molar-refractivity contribution in [1.29, 1.82) is 0 Å². The van der Waals surface area contributed by atoms with Gasteiger partial charge < -0.3 is 10.2 Å². The first-order valence-corrected chi connectivity index (χ1v) is 11.2. The van der Waals surface area contributed by atoms with Gasteiger partial charge in [0.25, 0.3) is 0 Å². The lowest BCUT2D eigenvalue weighted by Gasteiger charge is -2.30. The minimum absolute atomic E-state index is 0.0504. The van der Waals surface area contributed by atoms with Crippen molar-refractivity contribution in [2.75, 3.05) is 16.8 Å². The highest BCUT2D eigenvalue weighted by molar-refractivity contribution is 7.07. The molecule has 1 amide bonds. The molecule has 1 N–H and O–H groups in total. The second-order valence-corrected chi connectivity index (χ2v) is 7.86. The average molecular weight is 429 g/mol. The molecule has 0 radical (unpaired) electrons. The van der Waals surface area contributed by atoms with Crippen LogP contribution in [0.3, 0.4) is 0 Å². The molecule has 0 saturated heterocycles. The van der Waals surface area contributed by atoms with Crippen molar-refractivity contribution in [2.45, 2.75) is 19.4 Å². The Hall–Kier alpha value is -3.51. The Kier molecular flexibility index (Phi) is 6.69. The van der Waals surface area contributed by atoms with Crippen molar-refractivity contribution in [1.82, 2.24) is 9.97 Å². The fourth-order valence-corrected chi connectivity index (χ4v) is 4.17. The fourth-order valence-electron chi connectivity index (χ4n) is 3.62. The third-order valence-corrected chi connectivity index (χ3v) is 5.72. The maximum atomic E-state index is 13.5. The maximum Gasteiger partial charge on any atom is 0.247 e. The van der Waals surface area contributed by atoms with E-state index < -0.39 is 0 Å². The summed E-state index contributed by atoms with van der Waals surface area (Å²) in [5.74, 6) is 0.777.